The zero-order valence-corrected chi connectivity index (χ0v) is 13.0. The number of carbonyl (C=O) groups is 1. The summed E-state index contributed by atoms with van der Waals surface area (Å²) in [7, 11) is 0. The molecule has 6 heteroatoms. The molecule has 3 rings (SSSR count). The molecular formula is C16H19ClN4O. The van der Waals surface area contributed by atoms with Gasteiger partial charge in [0.05, 0.1) is 0 Å². The first-order chi connectivity index (χ1) is 10.7. The van der Waals surface area contributed by atoms with Crippen LogP contribution in [0.3, 0.4) is 0 Å². The Kier molecular flexibility index (Phi) is 4.45. The average molecular weight is 319 g/mol. The number of nitrogens with one attached hydrogen (secondary N) is 2. The van der Waals surface area contributed by atoms with Crippen LogP contribution in [0.4, 0.5) is 0 Å². The molecule has 5 nitrogen and oxygen atoms in total. The molecule has 2 N–H and O–H groups in total. The first kappa shape index (κ1) is 15.1. The van der Waals surface area contributed by atoms with Gasteiger partial charge < -0.3 is 10.6 Å². The summed E-state index contributed by atoms with van der Waals surface area (Å²) < 4.78 is 1.79. The van der Waals surface area contributed by atoms with Gasteiger partial charge in [-0.25, -0.2) is 0 Å². The van der Waals surface area contributed by atoms with Crippen LogP contribution in [0.2, 0.25) is 5.02 Å². The number of aromatic nitrogens is 2. The molecule has 1 aromatic heterocycles. The average Bonchev–Trinajstić information content (AvgIpc) is 3.09. The van der Waals surface area contributed by atoms with Crippen molar-refractivity contribution in [3.05, 3.63) is 53.3 Å². The third kappa shape index (κ3) is 2.87. The number of piperidine rings is 1. The lowest BCUT2D eigenvalue weighted by Gasteiger charge is -2.36. The Morgan fingerprint density at radius 1 is 1.32 bits per heavy atom. The van der Waals surface area contributed by atoms with E-state index in [9.17, 15) is 4.79 Å². The minimum atomic E-state index is -0.615. The van der Waals surface area contributed by atoms with Gasteiger partial charge in [0.1, 0.15) is 5.54 Å². The van der Waals surface area contributed by atoms with Gasteiger partial charge >= 0.3 is 0 Å². The minimum absolute atomic E-state index is 0.00220. The second-order valence-corrected chi connectivity index (χ2v) is 5.91. The molecule has 0 atom stereocenters. The molecule has 0 unspecified atom stereocenters. The molecule has 0 spiro atoms. The Hall–Kier alpha value is -1.85. The topological polar surface area (TPSA) is 59.0 Å². The van der Waals surface area contributed by atoms with Crippen molar-refractivity contribution in [1.82, 2.24) is 20.4 Å². The molecule has 0 saturated carbocycles. The van der Waals surface area contributed by atoms with E-state index in [0.717, 1.165) is 31.5 Å². The molecule has 2 heterocycles. The Morgan fingerprint density at radius 3 is 2.77 bits per heavy atom. The maximum absolute atomic E-state index is 12.9. The van der Waals surface area contributed by atoms with E-state index in [1.165, 1.54) is 0 Å². The van der Waals surface area contributed by atoms with E-state index in [4.69, 9.17) is 11.6 Å². The second kappa shape index (κ2) is 6.50. The molecule has 1 aliphatic heterocycles. The highest BCUT2D eigenvalue weighted by molar-refractivity contribution is 6.31. The Morgan fingerprint density at radius 2 is 2.09 bits per heavy atom. The third-order valence-corrected chi connectivity index (χ3v) is 4.56. The molecule has 0 aliphatic carbocycles. The maximum atomic E-state index is 12.9. The largest absolute Gasteiger partial charge is 0.350 e. The van der Waals surface area contributed by atoms with Crippen LogP contribution in [-0.2, 0) is 16.9 Å². The van der Waals surface area contributed by atoms with Crippen molar-refractivity contribution >= 4 is 17.5 Å². The fraction of sp³-hybridized carbons (Fsp3) is 0.375. The van der Waals surface area contributed by atoms with Crippen LogP contribution in [0, 0.1) is 0 Å². The quantitative estimate of drug-likeness (QED) is 0.905. The van der Waals surface area contributed by atoms with Gasteiger partial charge in [-0.1, -0.05) is 29.8 Å². The first-order valence-electron chi connectivity index (χ1n) is 7.45. The molecule has 0 radical (unpaired) electrons. The summed E-state index contributed by atoms with van der Waals surface area (Å²) in [5, 5.41) is 11.3. The van der Waals surface area contributed by atoms with Crippen LogP contribution in [0.25, 0.3) is 0 Å². The van der Waals surface area contributed by atoms with Gasteiger partial charge in [0.2, 0.25) is 5.91 Å². The first-order valence-corrected chi connectivity index (χ1v) is 7.83. The van der Waals surface area contributed by atoms with Crippen molar-refractivity contribution in [3.8, 4) is 0 Å². The summed E-state index contributed by atoms with van der Waals surface area (Å²) in [5.41, 5.74) is 0.304. The molecule has 2 aromatic rings. The predicted molar refractivity (Wildman–Crippen MR) is 85.6 cm³/mol. The van der Waals surface area contributed by atoms with Crippen molar-refractivity contribution in [2.45, 2.75) is 24.9 Å². The van der Waals surface area contributed by atoms with Gasteiger partial charge in [-0.05, 0) is 43.6 Å². The fourth-order valence-corrected chi connectivity index (χ4v) is 3.11. The van der Waals surface area contributed by atoms with Crippen LogP contribution < -0.4 is 10.6 Å². The minimum Gasteiger partial charge on any atom is -0.350 e. The number of hydrogen-bond acceptors (Lipinski definition) is 3. The number of amides is 1. The Bertz CT molecular complexity index is 635. The zero-order chi connectivity index (χ0) is 15.4. The lowest BCUT2D eigenvalue weighted by atomic mass is 9.87. The SMILES string of the molecule is O=C(NCc1ccccc1Cl)C1(n2cccn2)CCNCC1. The van der Waals surface area contributed by atoms with Crippen LogP contribution in [0.15, 0.2) is 42.7 Å². The van der Waals surface area contributed by atoms with Crippen LogP contribution in [0.5, 0.6) is 0 Å². The number of halogens is 1. The smallest absolute Gasteiger partial charge is 0.248 e. The summed E-state index contributed by atoms with van der Waals surface area (Å²) in [4.78, 5) is 12.9. The van der Waals surface area contributed by atoms with Gasteiger partial charge in [0.15, 0.2) is 0 Å². The van der Waals surface area contributed by atoms with E-state index in [1.807, 2.05) is 36.5 Å². The molecule has 0 bridgehead atoms. The summed E-state index contributed by atoms with van der Waals surface area (Å²) in [6, 6.07) is 9.40. The Labute approximate surface area is 134 Å². The standard InChI is InChI=1S/C16H19ClN4O/c17-14-5-2-1-4-13(14)12-19-15(22)16(6-9-18-10-7-16)21-11-3-8-20-21/h1-5,8,11,18H,6-7,9-10,12H2,(H,19,22). The van der Waals surface area contributed by atoms with Gasteiger partial charge in [0.25, 0.3) is 0 Å². The van der Waals surface area contributed by atoms with Gasteiger partial charge in [-0.3, -0.25) is 9.48 Å². The second-order valence-electron chi connectivity index (χ2n) is 5.51. The van der Waals surface area contributed by atoms with Gasteiger partial charge in [-0.15, -0.1) is 0 Å². The number of carbonyl (C=O) groups excluding carboxylic acids is 1. The van der Waals surface area contributed by atoms with E-state index < -0.39 is 5.54 Å². The lowest BCUT2D eigenvalue weighted by Crippen LogP contribution is -2.54. The van der Waals surface area contributed by atoms with Crippen molar-refractivity contribution in [2.24, 2.45) is 0 Å². The van der Waals surface area contributed by atoms with E-state index in [2.05, 4.69) is 15.7 Å². The van der Waals surface area contributed by atoms with Crippen LogP contribution >= 0.6 is 11.6 Å². The number of rotatable bonds is 4. The number of hydrogen-bond donors (Lipinski definition) is 2. The van der Waals surface area contributed by atoms with Crippen molar-refractivity contribution in [1.29, 1.82) is 0 Å². The van der Waals surface area contributed by atoms with Gasteiger partial charge in [-0.2, -0.15) is 5.10 Å². The molecule has 1 aliphatic rings. The summed E-state index contributed by atoms with van der Waals surface area (Å²) in [5.74, 6) is -0.00220. The molecule has 22 heavy (non-hydrogen) atoms. The summed E-state index contributed by atoms with van der Waals surface area (Å²) in [6.07, 6.45) is 5.03. The van der Waals surface area contributed by atoms with Crippen molar-refractivity contribution < 1.29 is 4.79 Å². The Balaban J connectivity index is 1.77. The third-order valence-electron chi connectivity index (χ3n) is 4.19. The van der Waals surface area contributed by atoms with Crippen LogP contribution in [0.1, 0.15) is 18.4 Å². The highest BCUT2D eigenvalue weighted by atomic mass is 35.5. The van der Waals surface area contributed by atoms with Crippen molar-refractivity contribution in [3.63, 3.8) is 0 Å². The normalized spacial score (nSPS) is 17.1. The predicted octanol–water partition coefficient (Wildman–Crippen LogP) is 1.93. The molecular weight excluding hydrogens is 300 g/mol. The number of nitrogens with zero attached hydrogens (tertiary/aromatic N) is 2. The van der Waals surface area contributed by atoms with E-state index in [1.54, 1.807) is 10.9 Å². The summed E-state index contributed by atoms with van der Waals surface area (Å²) >= 11 is 6.15. The van der Waals surface area contributed by atoms with Gasteiger partial charge in [0, 0.05) is 24.0 Å². The van der Waals surface area contributed by atoms with Crippen molar-refractivity contribution in [2.75, 3.05) is 13.1 Å². The molecule has 1 aromatic carbocycles. The monoisotopic (exact) mass is 318 g/mol. The fourth-order valence-electron chi connectivity index (χ4n) is 2.90. The van der Waals surface area contributed by atoms with E-state index in [-0.39, 0.29) is 5.91 Å². The molecule has 1 saturated heterocycles. The maximum Gasteiger partial charge on any atom is 0.248 e. The highest BCUT2D eigenvalue weighted by Crippen LogP contribution is 2.27. The molecule has 1 amide bonds. The zero-order valence-electron chi connectivity index (χ0n) is 12.3. The summed E-state index contributed by atoms with van der Waals surface area (Å²) in [6.45, 7) is 2.04. The lowest BCUT2D eigenvalue weighted by molar-refractivity contribution is -0.132. The number of benzene rings is 1. The van der Waals surface area contributed by atoms with E-state index in [0.29, 0.717) is 11.6 Å². The van der Waals surface area contributed by atoms with E-state index >= 15 is 0 Å². The van der Waals surface area contributed by atoms with Crippen LogP contribution in [-0.4, -0.2) is 28.8 Å². The molecule has 116 valence electrons. The highest BCUT2D eigenvalue weighted by Gasteiger charge is 2.41. The molecule has 1 fully saturated rings.